The van der Waals surface area contributed by atoms with Crippen LogP contribution in [0.15, 0.2) is 40.9 Å². The zero-order valence-electron chi connectivity index (χ0n) is 14.0. The highest BCUT2D eigenvalue weighted by Crippen LogP contribution is 2.42. The van der Waals surface area contributed by atoms with Crippen molar-refractivity contribution in [2.24, 2.45) is 0 Å². The van der Waals surface area contributed by atoms with Crippen LogP contribution in [0, 0.1) is 26.2 Å². The number of alkyl halides is 3. The third-order valence-electron chi connectivity index (χ3n) is 4.12. The molecule has 0 saturated heterocycles. The normalized spacial score (nSPS) is 11.4. The smallest absolute Gasteiger partial charge is 0.419 e. The largest absolute Gasteiger partial charge is 0.507 e. The van der Waals surface area contributed by atoms with Crippen molar-refractivity contribution in [2.45, 2.75) is 20.0 Å². The van der Waals surface area contributed by atoms with E-state index in [-0.39, 0.29) is 5.56 Å². The fourth-order valence-electron chi connectivity index (χ4n) is 2.95. The quantitative estimate of drug-likeness (QED) is 0.631. The van der Waals surface area contributed by atoms with Gasteiger partial charge in [0.2, 0.25) is 0 Å². The Morgan fingerprint density at radius 3 is 2.42 bits per heavy atom. The van der Waals surface area contributed by atoms with Crippen LogP contribution in [0.2, 0.25) is 0 Å². The molecule has 0 aliphatic heterocycles. The minimum Gasteiger partial charge on any atom is -0.507 e. The summed E-state index contributed by atoms with van der Waals surface area (Å²) >= 11 is 0. The average Bonchev–Trinajstić information content (AvgIpc) is 2.92. The molecule has 26 heavy (non-hydrogen) atoms. The van der Waals surface area contributed by atoms with Crippen LogP contribution in [0.4, 0.5) is 13.2 Å². The van der Waals surface area contributed by atoms with Gasteiger partial charge in [-0.25, -0.2) is 0 Å². The van der Waals surface area contributed by atoms with Gasteiger partial charge in [0.25, 0.3) is 0 Å². The Morgan fingerprint density at radius 2 is 1.85 bits per heavy atom. The SMILES string of the molecule is C#Cc1cccc(-c2ccc(O)c(C(F)(F)F)c2)c1-c1c(C)noc1C. The number of terminal acetylenes is 1. The maximum absolute atomic E-state index is 13.2. The number of halogens is 3. The topological polar surface area (TPSA) is 46.3 Å². The summed E-state index contributed by atoms with van der Waals surface area (Å²) in [5.41, 5.74) is 1.99. The molecule has 0 fully saturated rings. The van der Waals surface area contributed by atoms with Crippen molar-refractivity contribution in [3.8, 4) is 40.3 Å². The third-order valence-corrected chi connectivity index (χ3v) is 4.12. The highest BCUT2D eigenvalue weighted by atomic mass is 19.4. The molecule has 0 spiro atoms. The monoisotopic (exact) mass is 357 g/mol. The summed E-state index contributed by atoms with van der Waals surface area (Å²) in [6, 6.07) is 8.41. The number of benzene rings is 2. The van der Waals surface area contributed by atoms with Crippen molar-refractivity contribution < 1.29 is 22.8 Å². The molecule has 6 heteroatoms. The average molecular weight is 357 g/mol. The Hall–Kier alpha value is -3.20. The second kappa shape index (κ2) is 6.26. The van der Waals surface area contributed by atoms with E-state index in [1.165, 1.54) is 6.07 Å². The van der Waals surface area contributed by atoms with Gasteiger partial charge in [0, 0.05) is 16.7 Å². The number of hydrogen-bond acceptors (Lipinski definition) is 3. The lowest BCUT2D eigenvalue weighted by Crippen LogP contribution is -2.05. The molecule has 0 unspecified atom stereocenters. The Morgan fingerprint density at radius 1 is 1.12 bits per heavy atom. The number of rotatable bonds is 2. The third kappa shape index (κ3) is 2.93. The van der Waals surface area contributed by atoms with E-state index < -0.39 is 17.5 Å². The first-order valence-electron chi connectivity index (χ1n) is 7.67. The summed E-state index contributed by atoms with van der Waals surface area (Å²) in [5.74, 6) is 2.25. The van der Waals surface area contributed by atoms with Gasteiger partial charge in [0.05, 0.1) is 11.3 Å². The van der Waals surface area contributed by atoms with Gasteiger partial charge in [-0.3, -0.25) is 0 Å². The van der Waals surface area contributed by atoms with E-state index in [2.05, 4.69) is 11.1 Å². The van der Waals surface area contributed by atoms with E-state index in [1.807, 2.05) is 0 Å². The molecule has 0 amide bonds. The Bertz CT molecular complexity index is 1010. The first kappa shape index (κ1) is 17.6. The Balaban J connectivity index is 2.34. The standard InChI is InChI=1S/C20H14F3NO2/c1-4-13-6-5-7-15(19(13)18-11(2)24-26-12(18)3)14-8-9-17(25)16(10-14)20(21,22)23/h1,5-10,25H,2-3H3. The lowest BCUT2D eigenvalue weighted by molar-refractivity contribution is -0.138. The molecule has 3 rings (SSSR count). The molecule has 0 aliphatic carbocycles. The maximum atomic E-state index is 13.2. The molecule has 1 N–H and O–H groups in total. The molecular weight excluding hydrogens is 343 g/mol. The second-order valence-corrected chi connectivity index (χ2v) is 5.80. The number of aromatic hydroxyl groups is 1. The molecule has 0 saturated carbocycles. The van der Waals surface area contributed by atoms with Crippen molar-refractivity contribution in [2.75, 3.05) is 0 Å². The van der Waals surface area contributed by atoms with Crippen LogP contribution in [0.5, 0.6) is 5.75 Å². The van der Waals surface area contributed by atoms with Gasteiger partial charge in [-0.2, -0.15) is 13.2 Å². The fraction of sp³-hybridized carbons (Fsp3) is 0.150. The predicted molar refractivity (Wildman–Crippen MR) is 91.5 cm³/mol. The highest BCUT2D eigenvalue weighted by molar-refractivity contribution is 5.89. The lowest BCUT2D eigenvalue weighted by atomic mass is 9.89. The van der Waals surface area contributed by atoms with Crippen LogP contribution in [0.25, 0.3) is 22.3 Å². The van der Waals surface area contributed by atoms with Gasteiger partial charge in [-0.15, -0.1) is 6.42 Å². The molecule has 0 atom stereocenters. The van der Waals surface area contributed by atoms with Crippen LogP contribution >= 0.6 is 0 Å². The van der Waals surface area contributed by atoms with Crippen LogP contribution in [0.1, 0.15) is 22.6 Å². The summed E-state index contributed by atoms with van der Waals surface area (Å²) in [6.45, 7) is 3.45. The molecule has 2 aromatic carbocycles. The Kier molecular flexibility index (Phi) is 4.25. The number of phenolic OH excluding ortho intramolecular Hbond substituents is 1. The summed E-state index contributed by atoms with van der Waals surface area (Å²) in [7, 11) is 0. The van der Waals surface area contributed by atoms with Gasteiger partial charge >= 0.3 is 6.18 Å². The molecule has 1 aromatic heterocycles. The molecule has 1 heterocycles. The van der Waals surface area contributed by atoms with Crippen molar-refractivity contribution in [3.05, 3.63) is 59.0 Å². The number of aromatic nitrogens is 1. The van der Waals surface area contributed by atoms with E-state index in [4.69, 9.17) is 10.9 Å². The summed E-state index contributed by atoms with van der Waals surface area (Å²) in [6.07, 6.45) is 0.933. The van der Waals surface area contributed by atoms with Crippen LogP contribution in [0.3, 0.4) is 0 Å². The van der Waals surface area contributed by atoms with Crippen molar-refractivity contribution >= 4 is 0 Å². The van der Waals surface area contributed by atoms with E-state index in [0.29, 0.717) is 33.7 Å². The van der Waals surface area contributed by atoms with Crippen LogP contribution in [-0.4, -0.2) is 10.3 Å². The van der Waals surface area contributed by atoms with Gasteiger partial charge < -0.3 is 9.63 Å². The molecule has 3 nitrogen and oxygen atoms in total. The number of hydrogen-bond donors (Lipinski definition) is 1. The van der Waals surface area contributed by atoms with Gasteiger partial charge in [0.1, 0.15) is 11.5 Å². The van der Waals surface area contributed by atoms with Crippen LogP contribution < -0.4 is 0 Å². The minimum atomic E-state index is -4.67. The second-order valence-electron chi connectivity index (χ2n) is 5.80. The highest BCUT2D eigenvalue weighted by Gasteiger charge is 2.34. The van der Waals surface area contributed by atoms with E-state index >= 15 is 0 Å². The molecule has 132 valence electrons. The van der Waals surface area contributed by atoms with Crippen molar-refractivity contribution in [3.63, 3.8) is 0 Å². The molecule has 0 bridgehead atoms. The van der Waals surface area contributed by atoms with E-state index in [1.54, 1.807) is 32.0 Å². The minimum absolute atomic E-state index is 0.280. The fourth-order valence-corrected chi connectivity index (χ4v) is 2.95. The predicted octanol–water partition coefficient (Wildman–Crippen LogP) is 5.33. The zero-order chi connectivity index (χ0) is 19.1. The van der Waals surface area contributed by atoms with Gasteiger partial charge in [0.15, 0.2) is 0 Å². The summed E-state index contributed by atoms with van der Waals surface area (Å²) in [4.78, 5) is 0. The zero-order valence-corrected chi connectivity index (χ0v) is 14.0. The van der Waals surface area contributed by atoms with Crippen LogP contribution in [-0.2, 0) is 6.18 Å². The molecule has 0 aliphatic rings. The van der Waals surface area contributed by atoms with Crippen molar-refractivity contribution in [1.29, 1.82) is 0 Å². The van der Waals surface area contributed by atoms with Gasteiger partial charge in [-0.05, 0) is 43.2 Å². The van der Waals surface area contributed by atoms with Gasteiger partial charge in [-0.1, -0.05) is 29.3 Å². The number of phenols is 1. The first-order valence-corrected chi connectivity index (χ1v) is 7.67. The molecule has 3 aromatic rings. The number of aryl methyl sites for hydroxylation is 2. The summed E-state index contributed by atoms with van der Waals surface area (Å²) in [5, 5.41) is 13.5. The lowest BCUT2D eigenvalue weighted by Gasteiger charge is -2.15. The first-order chi connectivity index (χ1) is 12.2. The molecule has 0 radical (unpaired) electrons. The van der Waals surface area contributed by atoms with Crippen molar-refractivity contribution in [1.82, 2.24) is 5.16 Å². The maximum Gasteiger partial charge on any atom is 0.419 e. The Labute approximate surface area is 148 Å². The number of nitrogens with zero attached hydrogens (tertiary/aromatic N) is 1. The van der Waals surface area contributed by atoms with E-state index in [9.17, 15) is 18.3 Å². The summed E-state index contributed by atoms with van der Waals surface area (Å²) < 4.78 is 44.7. The molecular formula is C20H14F3NO2. The van der Waals surface area contributed by atoms with E-state index in [0.717, 1.165) is 12.1 Å².